The highest BCUT2D eigenvalue weighted by Gasteiger charge is 2.19. The highest BCUT2D eigenvalue weighted by molar-refractivity contribution is 7.89. The van der Waals surface area contributed by atoms with Crippen LogP contribution in [0, 0.1) is 0 Å². The molecule has 0 saturated carbocycles. The van der Waals surface area contributed by atoms with Gasteiger partial charge in [-0.15, -0.1) is 0 Å². The molecular formula is C15H15Cl2NO4S. The average Bonchev–Trinajstić information content (AvgIpc) is 2.53. The van der Waals surface area contributed by atoms with Crippen molar-refractivity contribution in [3.8, 4) is 11.5 Å². The topological polar surface area (TPSA) is 64.6 Å². The van der Waals surface area contributed by atoms with E-state index in [4.69, 9.17) is 32.7 Å². The van der Waals surface area contributed by atoms with E-state index in [1.54, 1.807) is 30.3 Å². The second-order valence-corrected chi connectivity index (χ2v) is 7.05. The van der Waals surface area contributed by atoms with Crippen LogP contribution < -0.4 is 14.2 Å². The van der Waals surface area contributed by atoms with Gasteiger partial charge in [0, 0.05) is 11.6 Å². The van der Waals surface area contributed by atoms with E-state index in [1.165, 1.54) is 19.2 Å². The van der Waals surface area contributed by atoms with Gasteiger partial charge in [-0.05, 0) is 30.3 Å². The normalized spacial score (nSPS) is 11.3. The first-order valence-corrected chi connectivity index (χ1v) is 8.88. The highest BCUT2D eigenvalue weighted by atomic mass is 35.5. The number of nitrogens with one attached hydrogen (secondary N) is 1. The Labute approximate surface area is 145 Å². The molecule has 0 amide bonds. The van der Waals surface area contributed by atoms with Gasteiger partial charge in [-0.25, -0.2) is 13.1 Å². The van der Waals surface area contributed by atoms with E-state index in [9.17, 15) is 8.42 Å². The Morgan fingerprint density at radius 2 is 1.83 bits per heavy atom. The number of methoxy groups -OCH3 is 1. The zero-order chi connectivity index (χ0) is 16.9. The molecule has 0 atom stereocenters. The van der Waals surface area contributed by atoms with E-state index in [1.807, 2.05) is 0 Å². The predicted molar refractivity (Wildman–Crippen MR) is 90.1 cm³/mol. The van der Waals surface area contributed by atoms with E-state index in [0.717, 1.165) is 0 Å². The summed E-state index contributed by atoms with van der Waals surface area (Å²) in [5.74, 6) is 0.711. The lowest BCUT2D eigenvalue weighted by molar-refractivity contribution is 0.323. The van der Waals surface area contributed by atoms with Crippen molar-refractivity contribution in [1.29, 1.82) is 0 Å². The van der Waals surface area contributed by atoms with Crippen molar-refractivity contribution in [3.63, 3.8) is 0 Å². The Morgan fingerprint density at radius 3 is 2.52 bits per heavy atom. The number of hydrogen-bond donors (Lipinski definition) is 1. The molecule has 1 N–H and O–H groups in total. The van der Waals surface area contributed by atoms with Crippen LogP contribution in [0.5, 0.6) is 11.5 Å². The molecule has 0 aromatic heterocycles. The van der Waals surface area contributed by atoms with Crippen molar-refractivity contribution in [2.45, 2.75) is 4.90 Å². The van der Waals surface area contributed by atoms with Gasteiger partial charge in [-0.2, -0.15) is 0 Å². The molecule has 0 saturated heterocycles. The molecule has 0 heterocycles. The number of halogens is 2. The molecule has 0 bridgehead atoms. The molecule has 23 heavy (non-hydrogen) atoms. The van der Waals surface area contributed by atoms with Gasteiger partial charge in [0.05, 0.1) is 12.1 Å². The second kappa shape index (κ2) is 7.88. The van der Waals surface area contributed by atoms with Gasteiger partial charge in [0.1, 0.15) is 23.0 Å². The maximum absolute atomic E-state index is 12.3. The Morgan fingerprint density at radius 1 is 1.09 bits per heavy atom. The zero-order valence-electron chi connectivity index (χ0n) is 12.3. The number of sulfonamides is 1. The summed E-state index contributed by atoms with van der Waals surface area (Å²) >= 11 is 11.8. The number of hydrogen-bond acceptors (Lipinski definition) is 4. The fourth-order valence-corrected chi connectivity index (χ4v) is 3.47. The van der Waals surface area contributed by atoms with E-state index < -0.39 is 10.0 Å². The fraction of sp³-hybridized carbons (Fsp3) is 0.200. The quantitative estimate of drug-likeness (QED) is 0.753. The van der Waals surface area contributed by atoms with Gasteiger partial charge in [-0.1, -0.05) is 35.3 Å². The van der Waals surface area contributed by atoms with Gasteiger partial charge in [-0.3, -0.25) is 0 Å². The molecule has 5 nitrogen and oxygen atoms in total. The summed E-state index contributed by atoms with van der Waals surface area (Å²) in [6.45, 7) is 0.203. The number of rotatable bonds is 7. The molecule has 2 aromatic rings. The summed E-state index contributed by atoms with van der Waals surface area (Å²) in [5.41, 5.74) is 0. The van der Waals surface area contributed by atoms with Crippen LogP contribution in [0.4, 0.5) is 0 Å². The van der Waals surface area contributed by atoms with E-state index >= 15 is 0 Å². The minimum atomic E-state index is -3.76. The summed E-state index contributed by atoms with van der Waals surface area (Å²) < 4.78 is 37.5. The van der Waals surface area contributed by atoms with Crippen LogP contribution in [-0.4, -0.2) is 28.7 Å². The largest absolute Gasteiger partial charge is 0.495 e. The monoisotopic (exact) mass is 375 g/mol. The van der Waals surface area contributed by atoms with Crippen LogP contribution in [0.3, 0.4) is 0 Å². The Kier molecular flexibility index (Phi) is 6.12. The third-order valence-electron chi connectivity index (χ3n) is 2.90. The number of para-hydroxylation sites is 1. The Hall–Kier alpha value is -1.47. The van der Waals surface area contributed by atoms with Gasteiger partial charge >= 0.3 is 0 Å². The molecule has 2 aromatic carbocycles. The molecular weight excluding hydrogens is 361 g/mol. The molecule has 0 fully saturated rings. The molecule has 2 rings (SSSR count). The molecule has 0 aliphatic carbocycles. The van der Waals surface area contributed by atoms with Gasteiger partial charge in [0.15, 0.2) is 0 Å². The lowest BCUT2D eigenvalue weighted by Gasteiger charge is -2.12. The minimum Gasteiger partial charge on any atom is -0.495 e. The SMILES string of the molecule is COc1ccc(Cl)cc1S(=O)(=O)NCCOc1ccccc1Cl. The molecule has 0 unspecified atom stereocenters. The van der Waals surface area contributed by atoms with Crippen LogP contribution in [0.15, 0.2) is 47.4 Å². The summed E-state index contributed by atoms with van der Waals surface area (Å²) in [4.78, 5) is -0.0229. The van der Waals surface area contributed by atoms with Gasteiger partial charge in [0.2, 0.25) is 10.0 Å². The van der Waals surface area contributed by atoms with Crippen LogP contribution in [-0.2, 0) is 10.0 Å². The maximum atomic E-state index is 12.3. The van der Waals surface area contributed by atoms with Gasteiger partial charge in [0.25, 0.3) is 0 Å². The van der Waals surface area contributed by atoms with E-state index in [0.29, 0.717) is 15.8 Å². The van der Waals surface area contributed by atoms with Crippen LogP contribution >= 0.6 is 23.2 Å². The van der Waals surface area contributed by atoms with Gasteiger partial charge < -0.3 is 9.47 Å². The zero-order valence-corrected chi connectivity index (χ0v) is 14.6. The van der Waals surface area contributed by atoms with E-state index in [2.05, 4.69) is 4.72 Å². The predicted octanol–water partition coefficient (Wildman–Crippen LogP) is 3.36. The van der Waals surface area contributed by atoms with Crippen molar-refractivity contribution in [1.82, 2.24) is 4.72 Å². The molecule has 0 aliphatic heterocycles. The lowest BCUT2D eigenvalue weighted by Crippen LogP contribution is -2.28. The molecule has 0 aliphatic rings. The summed E-state index contributed by atoms with van der Waals surface area (Å²) in [6, 6.07) is 11.3. The maximum Gasteiger partial charge on any atom is 0.244 e. The summed E-state index contributed by atoms with van der Waals surface area (Å²) in [5, 5.41) is 0.769. The van der Waals surface area contributed by atoms with Crippen LogP contribution in [0.25, 0.3) is 0 Å². The number of ether oxygens (including phenoxy) is 2. The standard InChI is InChI=1S/C15H15Cl2NO4S/c1-21-14-7-6-11(16)10-15(14)23(19,20)18-8-9-22-13-5-3-2-4-12(13)17/h2-7,10,18H,8-9H2,1H3. The smallest absolute Gasteiger partial charge is 0.244 e. The fourth-order valence-electron chi connectivity index (χ4n) is 1.84. The van der Waals surface area contributed by atoms with Crippen molar-refractivity contribution in [2.75, 3.05) is 20.3 Å². The van der Waals surface area contributed by atoms with Crippen LogP contribution in [0.1, 0.15) is 0 Å². The van der Waals surface area contributed by atoms with Crippen LogP contribution in [0.2, 0.25) is 10.0 Å². The summed E-state index contributed by atoms with van der Waals surface area (Å²) in [6.07, 6.45) is 0. The minimum absolute atomic E-state index is 0.0229. The first kappa shape index (κ1) is 17.9. The number of benzene rings is 2. The van der Waals surface area contributed by atoms with E-state index in [-0.39, 0.29) is 23.8 Å². The molecule has 8 heteroatoms. The first-order valence-electron chi connectivity index (χ1n) is 6.64. The highest BCUT2D eigenvalue weighted by Crippen LogP contribution is 2.27. The second-order valence-electron chi connectivity index (χ2n) is 4.47. The molecule has 0 radical (unpaired) electrons. The third kappa shape index (κ3) is 4.75. The van der Waals surface area contributed by atoms with Crippen molar-refractivity contribution in [2.24, 2.45) is 0 Å². The summed E-state index contributed by atoms with van der Waals surface area (Å²) in [7, 11) is -2.37. The molecule has 124 valence electrons. The van der Waals surface area contributed by atoms with Crippen molar-refractivity contribution < 1.29 is 17.9 Å². The van der Waals surface area contributed by atoms with Crippen molar-refractivity contribution >= 4 is 33.2 Å². The average molecular weight is 376 g/mol. The van der Waals surface area contributed by atoms with Crippen molar-refractivity contribution in [3.05, 3.63) is 52.5 Å². The lowest BCUT2D eigenvalue weighted by atomic mass is 10.3. The Bertz CT molecular complexity index is 781. The first-order chi connectivity index (χ1) is 10.9. The molecule has 0 spiro atoms. The Balaban J connectivity index is 2.00. The third-order valence-corrected chi connectivity index (χ3v) is 4.93.